The van der Waals surface area contributed by atoms with E-state index < -0.39 is 12.0 Å². The molecule has 0 spiro atoms. The Labute approximate surface area is 193 Å². The van der Waals surface area contributed by atoms with E-state index in [-0.39, 0.29) is 48.2 Å². The summed E-state index contributed by atoms with van der Waals surface area (Å²) in [5.74, 6) is -1.68. The number of ketones is 1. The lowest BCUT2D eigenvalue weighted by atomic mass is 9.85. The van der Waals surface area contributed by atoms with Gasteiger partial charge in [0.1, 0.15) is 11.9 Å². The maximum atomic E-state index is 14.7. The Hall–Kier alpha value is -3.06. The van der Waals surface area contributed by atoms with E-state index in [0.717, 1.165) is 5.56 Å². The van der Waals surface area contributed by atoms with Crippen molar-refractivity contribution in [1.29, 1.82) is 0 Å². The molecule has 0 saturated carbocycles. The highest BCUT2D eigenvalue weighted by Crippen LogP contribution is 2.26. The maximum Gasteiger partial charge on any atom is 0.226 e. The van der Waals surface area contributed by atoms with Crippen molar-refractivity contribution in [2.75, 3.05) is 13.7 Å². The summed E-state index contributed by atoms with van der Waals surface area (Å²) in [4.78, 5) is 37.6. The van der Waals surface area contributed by atoms with E-state index in [1.54, 1.807) is 31.4 Å². The second-order valence-corrected chi connectivity index (χ2v) is 9.53. The highest BCUT2D eigenvalue weighted by molar-refractivity contribution is 5.94. The third-order valence-corrected chi connectivity index (χ3v) is 5.80. The molecule has 2 amide bonds. The van der Waals surface area contributed by atoms with Crippen LogP contribution in [0, 0.1) is 11.7 Å². The number of hydrogen-bond donors (Lipinski definition) is 2. The fourth-order valence-corrected chi connectivity index (χ4v) is 3.95. The van der Waals surface area contributed by atoms with E-state index in [9.17, 15) is 18.8 Å². The molecular formula is C26H31FN2O4. The molecule has 1 saturated heterocycles. The largest absolute Gasteiger partial charge is 0.380 e. The lowest BCUT2D eigenvalue weighted by Gasteiger charge is -2.22. The van der Waals surface area contributed by atoms with Crippen LogP contribution >= 0.6 is 0 Å². The number of hydrogen-bond acceptors (Lipinski definition) is 4. The standard InChI is InChI=1S/C26H31FN2O4/c1-26(2,3)20-10-7-17(11-21(20)27)12-22(30)24(18-8-5-16(6-9-18)15-33-4)29-25(32)19-13-23(31)28-14-19/h5-11,19,24H,12-15H2,1-4H3,(H,28,31)(H,29,32)/t19-,24?/m1/s1. The summed E-state index contributed by atoms with van der Waals surface area (Å²) >= 11 is 0. The van der Waals surface area contributed by atoms with Crippen molar-refractivity contribution in [2.24, 2.45) is 5.92 Å². The molecule has 1 aliphatic heterocycles. The number of Topliss-reactive ketones (excluding diaryl/α,β-unsaturated/α-hetero) is 1. The number of benzene rings is 2. The average molecular weight is 455 g/mol. The van der Waals surface area contributed by atoms with Crippen LogP contribution in [0.5, 0.6) is 0 Å². The van der Waals surface area contributed by atoms with Crippen LogP contribution in [0.15, 0.2) is 42.5 Å². The van der Waals surface area contributed by atoms with Gasteiger partial charge < -0.3 is 15.4 Å². The minimum absolute atomic E-state index is 0.0338. The minimum atomic E-state index is -0.907. The van der Waals surface area contributed by atoms with E-state index in [1.165, 1.54) is 6.07 Å². The third-order valence-electron chi connectivity index (χ3n) is 5.80. The summed E-state index contributed by atoms with van der Waals surface area (Å²) < 4.78 is 19.8. The Morgan fingerprint density at radius 2 is 1.82 bits per heavy atom. The Balaban J connectivity index is 1.83. The average Bonchev–Trinajstić information content (AvgIpc) is 3.18. The molecule has 0 radical (unpaired) electrons. The van der Waals surface area contributed by atoms with E-state index in [4.69, 9.17) is 4.74 Å². The molecule has 33 heavy (non-hydrogen) atoms. The van der Waals surface area contributed by atoms with Crippen LogP contribution in [0.3, 0.4) is 0 Å². The zero-order chi connectivity index (χ0) is 24.2. The van der Waals surface area contributed by atoms with Crippen LogP contribution < -0.4 is 10.6 Å². The predicted molar refractivity (Wildman–Crippen MR) is 123 cm³/mol. The van der Waals surface area contributed by atoms with Gasteiger partial charge in [-0.2, -0.15) is 0 Å². The van der Waals surface area contributed by atoms with Gasteiger partial charge in [-0.05, 0) is 33.7 Å². The molecule has 3 rings (SSSR count). The molecule has 1 aliphatic rings. The van der Waals surface area contributed by atoms with Crippen molar-refractivity contribution in [3.63, 3.8) is 0 Å². The number of ether oxygens (including phenoxy) is 1. The third kappa shape index (κ3) is 6.26. The molecule has 0 aromatic heterocycles. The SMILES string of the molecule is COCc1ccc(C(NC(=O)[C@H]2CNC(=O)C2)C(=O)Cc2ccc(C(C)(C)C)c(F)c2)cc1. The molecule has 0 aliphatic carbocycles. The van der Waals surface area contributed by atoms with Gasteiger partial charge in [0.05, 0.1) is 12.5 Å². The number of carbonyl (C=O) groups excluding carboxylic acids is 3. The van der Waals surface area contributed by atoms with Crippen LogP contribution in [0.2, 0.25) is 0 Å². The fourth-order valence-electron chi connectivity index (χ4n) is 3.95. The molecule has 2 aromatic carbocycles. The molecule has 7 heteroatoms. The number of amides is 2. The molecule has 1 fully saturated rings. The first kappa shape index (κ1) is 24.6. The smallest absolute Gasteiger partial charge is 0.226 e. The van der Waals surface area contributed by atoms with Crippen molar-refractivity contribution in [3.05, 3.63) is 70.5 Å². The van der Waals surface area contributed by atoms with Crippen LogP contribution in [-0.4, -0.2) is 31.3 Å². The molecule has 6 nitrogen and oxygen atoms in total. The number of methoxy groups -OCH3 is 1. The number of nitrogens with one attached hydrogen (secondary N) is 2. The van der Waals surface area contributed by atoms with Gasteiger partial charge >= 0.3 is 0 Å². The quantitative estimate of drug-likeness (QED) is 0.641. The molecule has 1 heterocycles. The summed E-state index contributed by atoms with van der Waals surface area (Å²) in [6, 6.07) is 11.2. The molecular weight excluding hydrogens is 423 g/mol. The Kier molecular flexibility index (Phi) is 7.64. The Morgan fingerprint density at radius 3 is 2.36 bits per heavy atom. The lowest BCUT2D eigenvalue weighted by Crippen LogP contribution is -2.39. The van der Waals surface area contributed by atoms with Gasteiger partial charge in [-0.1, -0.05) is 57.2 Å². The monoisotopic (exact) mass is 454 g/mol. The highest BCUT2D eigenvalue weighted by atomic mass is 19.1. The van der Waals surface area contributed by atoms with Gasteiger partial charge in [-0.15, -0.1) is 0 Å². The van der Waals surface area contributed by atoms with Gasteiger partial charge in [0.2, 0.25) is 11.8 Å². The minimum Gasteiger partial charge on any atom is -0.380 e. The molecule has 1 unspecified atom stereocenters. The topological polar surface area (TPSA) is 84.5 Å². The van der Waals surface area contributed by atoms with Crippen molar-refractivity contribution in [3.8, 4) is 0 Å². The molecule has 2 N–H and O–H groups in total. The summed E-state index contributed by atoms with van der Waals surface area (Å²) in [7, 11) is 1.60. The normalized spacial score (nSPS) is 16.9. The van der Waals surface area contributed by atoms with E-state index >= 15 is 0 Å². The first-order valence-electron chi connectivity index (χ1n) is 11.0. The highest BCUT2D eigenvalue weighted by Gasteiger charge is 2.31. The summed E-state index contributed by atoms with van der Waals surface area (Å²) in [6.07, 6.45) is 0.0625. The first-order valence-corrected chi connectivity index (χ1v) is 11.0. The number of carbonyl (C=O) groups is 3. The summed E-state index contributed by atoms with van der Waals surface area (Å²) in [6.45, 7) is 6.46. The maximum absolute atomic E-state index is 14.7. The van der Waals surface area contributed by atoms with Gasteiger partial charge in [0.25, 0.3) is 0 Å². The molecule has 2 atom stereocenters. The summed E-state index contributed by atoms with van der Waals surface area (Å²) in [5, 5.41) is 5.45. The van der Waals surface area contributed by atoms with Crippen LogP contribution in [0.1, 0.15) is 55.5 Å². The zero-order valence-corrected chi connectivity index (χ0v) is 19.5. The first-order chi connectivity index (χ1) is 15.6. The van der Waals surface area contributed by atoms with Crippen LogP contribution in [0.25, 0.3) is 0 Å². The Morgan fingerprint density at radius 1 is 1.15 bits per heavy atom. The van der Waals surface area contributed by atoms with Crippen molar-refractivity contribution >= 4 is 17.6 Å². The summed E-state index contributed by atoms with van der Waals surface area (Å²) in [5.41, 5.74) is 2.33. The van der Waals surface area contributed by atoms with Gasteiger partial charge in [-0.3, -0.25) is 14.4 Å². The molecule has 2 aromatic rings. The van der Waals surface area contributed by atoms with Gasteiger partial charge in [0, 0.05) is 26.5 Å². The van der Waals surface area contributed by atoms with Gasteiger partial charge in [0.15, 0.2) is 5.78 Å². The number of rotatable bonds is 8. The fraction of sp³-hybridized carbons (Fsp3) is 0.423. The van der Waals surface area contributed by atoms with E-state index in [0.29, 0.717) is 23.3 Å². The zero-order valence-electron chi connectivity index (χ0n) is 19.5. The number of halogens is 1. The van der Waals surface area contributed by atoms with Crippen molar-refractivity contribution in [2.45, 2.75) is 51.7 Å². The molecule has 176 valence electrons. The molecule has 0 bridgehead atoms. The second kappa shape index (κ2) is 10.3. The van der Waals surface area contributed by atoms with Crippen molar-refractivity contribution in [1.82, 2.24) is 10.6 Å². The van der Waals surface area contributed by atoms with Crippen molar-refractivity contribution < 1.29 is 23.5 Å². The van der Waals surface area contributed by atoms with Gasteiger partial charge in [-0.25, -0.2) is 4.39 Å². The second-order valence-electron chi connectivity index (χ2n) is 9.53. The van der Waals surface area contributed by atoms with Crippen LogP contribution in [-0.2, 0) is 37.6 Å². The predicted octanol–water partition coefficient (Wildman–Crippen LogP) is 3.37. The lowest BCUT2D eigenvalue weighted by molar-refractivity contribution is -0.130. The van der Waals surface area contributed by atoms with Crippen LogP contribution in [0.4, 0.5) is 4.39 Å². The Bertz CT molecular complexity index is 1030. The van der Waals surface area contributed by atoms with E-state index in [1.807, 2.05) is 32.9 Å². The van der Waals surface area contributed by atoms with E-state index in [2.05, 4.69) is 10.6 Å².